The van der Waals surface area contributed by atoms with Crippen LogP contribution < -0.4 is 10.6 Å². The summed E-state index contributed by atoms with van der Waals surface area (Å²) in [4.78, 5) is 49.2. The molecule has 2 aromatic carbocycles. The molecule has 2 atom stereocenters. The minimum atomic E-state index is -0.869. The summed E-state index contributed by atoms with van der Waals surface area (Å²) < 4.78 is 5.14. The van der Waals surface area contributed by atoms with E-state index in [4.69, 9.17) is 4.74 Å². The van der Waals surface area contributed by atoms with Crippen molar-refractivity contribution in [2.45, 2.75) is 38.5 Å². The number of nitro benzene ring substituents is 1. The summed E-state index contributed by atoms with van der Waals surface area (Å²) in [6.45, 7) is 2.01. The molecule has 1 heterocycles. The van der Waals surface area contributed by atoms with Crippen molar-refractivity contribution < 1.29 is 24.0 Å². The Hall–Kier alpha value is -3.95. The number of nitrogens with zero attached hydrogens (tertiary/aromatic N) is 2. The van der Waals surface area contributed by atoms with E-state index in [1.807, 2.05) is 30.3 Å². The third kappa shape index (κ3) is 5.81. The Morgan fingerprint density at radius 2 is 1.84 bits per heavy atom. The van der Waals surface area contributed by atoms with Crippen LogP contribution in [0.15, 0.2) is 54.6 Å². The molecule has 1 aliphatic heterocycles. The van der Waals surface area contributed by atoms with Gasteiger partial charge in [0.25, 0.3) is 5.69 Å². The van der Waals surface area contributed by atoms with Gasteiger partial charge in [0.05, 0.1) is 4.92 Å². The van der Waals surface area contributed by atoms with E-state index < -0.39 is 23.1 Å². The van der Waals surface area contributed by atoms with Crippen LogP contribution in [0.2, 0.25) is 0 Å². The number of alkyl carbamates (subject to hydrolysis) is 1. The number of hydrogen-bond donors (Lipinski definition) is 2. The lowest BCUT2D eigenvalue weighted by Crippen LogP contribution is -2.51. The Balaban J connectivity index is 1.53. The highest BCUT2D eigenvalue weighted by Crippen LogP contribution is 2.21. The third-order valence-corrected chi connectivity index (χ3v) is 5.10. The monoisotopic (exact) mass is 440 g/mol. The van der Waals surface area contributed by atoms with Crippen LogP contribution in [0.25, 0.3) is 0 Å². The molecule has 0 unspecified atom stereocenters. The number of likely N-dealkylation sites (tertiary alicyclic amines) is 1. The molecule has 32 heavy (non-hydrogen) atoms. The van der Waals surface area contributed by atoms with Gasteiger partial charge in [-0.2, -0.15) is 0 Å². The number of rotatable bonds is 7. The van der Waals surface area contributed by atoms with E-state index in [1.54, 1.807) is 0 Å². The highest BCUT2D eigenvalue weighted by atomic mass is 16.6. The second-order valence-corrected chi connectivity index (χ2v) is 7.41. The highest BCUT2D eigenvalue weighted by Gasteiger charge is 2.36. The molecular weight excluding hydrogens is 416 g/mol. The lowest BCUT2D eigenvalue weighted by molar-refractivity contribution is -0.384. The molecule has 2 N–H and O–H groups in total. The molecule has 1 aliphatic rings. The summed E-state index contributed by atoms with van der Waals surface area (Å²) in [7, 11) is 0. The first-order chi connectivity index (χ1) is 15.3. The molecule has 0 radical (unpaired) electrons. The summed E-state index contributed by atoms with van der Waals surface area (Å²) in [5.41, 5.74) is 1.14. The fourth-order valence-corrected chi connectivity index (χ4v) is 3.45. The van der Waals surface area contributed by atoms with Crippen LogP contribution in [0.3, 0.4) is 0 Å². The molecule has 0 saturated carbocycles. The number of hydrogen-bond acceptors (Lipinski definition) is 6. The summed E-state index contributed by atoms with van der Waals surface area (Å²) >= 11 is 0. The van der Waals surface area contributed by atoms with Gasteiger partial charge >= 0.3 is 6.09 Å². The van der Waals surface area contributed by atoms with E-state index in [9.17, 15) is 24.5 Å². The Bertz CT molecular complexity index is 980. The zero-order valence-corrected chi connectivity index (χ0v) is 17.5. The van der Waals surface area contributed by atoms with Crippen LogP contribution in [0.1, 0.15) is 25.3 Å². The maximum atomic E-state index is 12.8. The zero-order valence-electron chi connectivity index (χ0n) is 17.5. The number of ether oxygens (including phenoxy) is 1. The molecule has 10 heteroatoms. The number of carbonyl (C=O) groups is 3. The molecule has 0 aromatic heterocycles. The second kappa shape index (κ2) is 10.4. The first-order valence-corrected chi connectivity index (χ1v) is 10.2. The first-order valence-electron chi connectivity index (χ1n) is 10.2. The number of carbonyl (C=O) groups excluding carboxylic acids is 3. The lowest BCUT2D eigenvalue weighted by atomic mass is 10.1. The summed E-state index contributed by atoms with van der Waals surface area (Å²) in [5.74, 6) is -0.772. The van der Waals surface area contributed by atoms with Crippen LogP contribution >= 0.6 is 0 Å². The maximum absolute atomic E-state index is 12.8. The van der Waals surface area contributed by atoms with E-state index in [0.29, 0.717) is 25.1 Å². The van der Waals surface area contributed by atoms with Crippen molar-refractivity contribution in [1.29, 1.82) is 0 Å². The number of anilines is 1. The van der Waals surface area contributed by atoms with Gasteiger partial charge in [0, 0.05) is 24.4 Å². The molecule has 0 aliphatic carbocycles. The average molecular weight is 440 g/mol. The fraction of sp³-hybridized carbons (Fsp3) is 0.318. The van der Waals surface area contributed by atoms with Crippen LogP contribution in [0.5, 0.6) is 0 Å². The van der Waals surface area contributed by atoms with Gasteiger partial charge in [0.1, 0.15) is 18.7 Å². The zero-order chi connectivity index (χ0) is 23.1. The van der Waals surface area contributed by atoms with Gasteiger partial charge < -0.3 is 20.3 Å². The molecule has 1 fully saturated rings. The molecule has 1 saturated heterocycles. The van der Waals surface area contributed by atoms with Crippen LogP contribution in [-0.2, 0) is 20.9 Å². The molecule has 168 valence electrons. The standard InChI is InChI=1S/C22H24N4O6/c1-15(23-22(29)32-14-16-6-3-2-4-7-16)21(28)25-13-5-8-19(25)20(27)24-17-9-11-18(12-10-17)26(30)31/h2-4,6-7,9-12,15,19H,5,8,13-14H2,1H3,(H,23,29)(H,24,27)/t15-,19+/m0/s1. The molecule has 3 amide bonds. The predicted molar refractivity (Wildman–Crippen MR) is 116 cm³/mol. The van der Waals surface area contributed by atoms with Gasteiger partial charge in [-0.1, -0.05) is 30.3 Å². The SMILES string of the molecule is C[C@H](NC(=O)OCc1ccccc1)C(=O)N1CCC[C@@H]1C(=O)Nc1ccc([N+](=O)[O-])cc1. The summed E-state index contributed by atoms with van der Waals surface area (Å²) in [6.07, 6.45) is 0.408. The smallest absolute Gasteiger partial charge is 0.408 e. The number of benzene rings is 2. The van der Waals surface area contributed by atoms with E-state index >= 15 is 0 Å². The van der Waals surface area contributed by atoms with Crippen LogP contribution in [0, 0.1) is 10.1 Å². The van der Waals surface area contributed by atoms with E-state index in [0.717, 1.165) is 5.56 Å². The Morgan fingerprint density at radius 3 is 2.50 bits per heavy atom. The van der Waals surface area contributed by atoms with E-state index in [-0.39, 0.29) is 24.1 Å². The van der Waals surface area contributed by atoms with Gasteiger partial charge in [-0.25, -0.2) is 4.79 Å². The van der Waals surface area contributed by atoms with Gasteiger partial charge in [-0.3, -0.25) is 19.7 Å². The highest BCUT2D eigenvalue weighted by molar-refractivity contribution is 5.98. The van der Waals surface area contributed by atoms with Crippen molar-refractivity contribution in [1.82, 2.24) is 10.2 Å². The van der Waals surface area contributed by atoms with Crippen molar-refractivity contribution >= 4 is 29.3 Å². The fourth-order valence-electron chi connectivity index (χ4n) is 3.45. The Labute approximate surface area is 184 Å². The third-order valence-electron chi connectivity index (χ3n) is 5.10. The van der Waals surface area contributed by atoms with Gasteiger partial charge in [0.2, 0.25) is 11.8 Å². The number of non-ortho nitro benzene ring substituents is 1. The van der Waals surface area contributed by atoms with Crippen molar-refractivity contribution in [3.8, 4) is 0 Å². The van der Waals surface area contributed by atoms with Crippen molar-refractivity contribution in [3.05, 3.63) is 70.3 Å². The predicted octanol–water partition coefficient (Wildman–Crippen LogP) is 2.84. The molecule has 0 spiro atoms. The molecule has 2 aromatic rings. The molecule has 3 rings (SSSR count). The summed E-state index contributed by atoms with van der Waals surface area (Å²) in [5, 5.41) is 15.9. The number of nitro groups is 1. The van der Waals surface area contributed by atoms with Crippen LogP contribution in [-0.4, -0.2) is 46.4 Å². The average Bonchev–Trinajstić information content (AvgIpc) is 3.28. The number of nitrogens with one attached hydrogen (secondary N) is 2. The molecule has 10 nitrogen and oxygen atoms in total. The minimum absolute atomic E-state index is 0.0809. The second-order valence-electron chi connectivity index (χ2n) is 7.41. The quantitative estimate of drug-likeness (QED) is 0.503. The Kier molecular flexibility index (Phi) is 7.37. The van der Waals surface area contributed by atoms with Gasteiger partial charge in [-0.05, 0) is 37.5 Å². The lowest BCUT2D eigenvalue weighted by Gasteiger charge is -2.27. The van der Waals surface area contributed by atoms with Gasteiger partial charge in [-0.15, -0.1) is 0 Å². The van der Waals surface area contributed by atoms with Crippen molar-refractivity contribution in [3.63, 3.8) is 0 Å². The van der Waals surface area contributed by atoms with Crippen molar-refractivity contribution in [2.75, 3.05) is 11.9 Å². The van der Waals surface area contributed by atoms with Crippen LogP contribution in [0.4, 0.5) is 16.2 Å². The maximum Gasteiger partial charge on any atom is 0.408 e. The summed E-state index contributed by atoms with van der Waals surface area (Å²) in [6, 6.07) is 13.0. The Morgan fingerprint density at radius 1 is 1.16 bits per heavy atom. The minimum Gasteiger partial charge on any atom is -0.445 e. The molecular formula is C22H24N4O6. The topological polar surface area (TPSA) is 131 Å². The number of amides is 3. The molecule has 0 bridgehead atoms. The normalized spacial score (nSPS) is 16.2. The van der Waals surface area contributed by atoms with E-state index in [2.05, 4.69) is 10.6 Å². The first kappa shape index (κ1) is 22.7. The van der Waals surface area contributed by atoms with Gasteiger partial charge in [0.15, 0.2) is 0 Å². The van der Waals surface area contributed by atoms with Crippen molar-refractivity contribution in [2.24, 2.45) is 0 Å². The largest absolute Gasteiger partial charge is 0.445 e. The van der Waals surface area contributed by atoms with E-state index in [1.165, 1.54) is 36.1 Å².